The van der Waals surface area contributed by atoms with E-state index in [1.807, 2.05) is 22.6 Å². The van der Waals surface area contributed by atoms with Gasteiger partial charge in [0, 0.05) is 3.57 Å². The number of amides is 1. The van der Waals surface area contributed by atoms with E-state index in [1.165, 1.54) is 6.07 Å². The van der Waals surface area contributed by atoms with Gasteiger partial charge in [0.25, 0.3) is 0 Å². The molecule has 0 unspecified atom stereocenters. The van der Waals surface area contributed by atoms with Crippen molar-refractivity contribution in [2.75, 3.05) is 5.32 Å². The van der Waals surface area contributed by atoms with Gasteiger partial charge in [-0.3, -0.25) is 4.79 Å². The van der Waals surface area contributed by atoms with Crippen molar-refractivity contribution in [3.8, 4) is 6.07 Å². The summed E-state index contributed by atoms with van der Waals surface area (Å²) in [4.78, 5) is 10.2. The molecule has 0 fully saturated rings. The van der Waals surface area contributed by atoms with E-state index in [9.17, 15) is 9.18 Å². The van der Waals surface area contributed by atoms with Crippen molar-refractivity contribution < 1.29 is 9.18 Å². The molecule has 0 radical (unpaired) electrons. The number of rotatable bonds is 2. The molecule has 72 valence electrons. The van der Waals surface area contributed by atoms with Crippen LogP contribution in [0.5, 0.6) is 0 Å². The molecule has 0 aromatic heterocycles. The number of nitrogens with zero attached hydrogens (tertiary/aromatic N) is 1. The topological polar surface area (TPSA) is 52.9 Å². The lowest BCUT2D eigenvalue weighted by Crippen LogP contribution is -2.02. The number of hydrogen-bond donors (Lipinski definition) is 1. The highest BCUT2D eigenvalue weighted by molar-refractivity contribution is 14.1. The van der Waals surface area contributed by atoms with Crippen molar-refractivity contribution in [3.63, 3.8) is 0 Å². The number of benzene rings is 1. The summed E-state index contributed by atoms with van der Waals surface area (Å²) in [5, 5.41) is 10.8. The molecule has 0 spiro atoms. The molecule has 0 heterocycles. The van der Waals surface area contributed by atoms with E-state index < -0.39 is 5.82 Å². The molecule has 1 amide bonds. The summed E-state index contributed by atoms with van der Waals surface area (Å²) >= 11 is 7.37. The second kappa shape index (κ2) is 4.57. The minimum atomic E-state index is -0.820. The second-order valence-corrected chi connectivity index (χ2v) is 3.85. The van der Waals surface area contributed by atoms with Crippen LogP contribution in [-0.4, -0.2) is 6.41 Å². The van der Waals surface area contributed by atoms with E-state index >= 15 is 0 Å². The molecule has 6 heteroatoms. The van der Waals surface area contributed by atoms with Crippen LogP contribution in [0.4, 0.5) is 10.1 Å². The lowest BCUT2D eigenvalue weighted by molar-refractivity contribution is -0.105. The summed E-state index contributed by atoms with van der Waals surface area (Å²) in [5.74, 6) is -0.820. The first-order valence-corrected chi connectivity index (χ1v) is 4.85. The zero-order chi connectivity index (χ0) is 10.7. The van der Waals surface area contributed by atoms with Crippen LogP contribution in [0.2, 0.25) is 5.02 Å². The second-order valence-electron chi connectivity index (χ2n) is 2.28. The number of halogens is 3. The van der Waals surface area contributed by atoms with Crippen molar-refractivity contribution in [3.05, 3.63) is 26.0 Å². The minimum absolute atomic E-state index is 0.137. The molecular weight excluding hydrogens is 321 g/mol. The van der Waals surface area contributed by atoms with Crippen molar-refractivity contribution >= 4 is 46.3 Å². The van der Waals surface area contributed by atoms with Crippen molar-refractivity contribution in [2.24, 2.45) is 0 Å². The van der Waals surface area contributed by atoms with Crippen LogP contribution in [0.3, 0.4) is 0 Å². The smallest absolute Gasteiger partial charge is 0.211 e. The van der Waals surface area contributed by atoms with Crippen LogP contribution < -0.4 is 5.32 Å². The standard InChI is InChI=1S/C8H3ClFIN2O/c9-5-1-6(11)8(13-3-14)4(2-12)7(5)10/h1,3H,(H,13,14). The SMILES string of the molecule is N#Cc1c(F)c(Cl)cc(I)c1NC=O. The first kappa shape index (κ1) is 11.2. The normalized spacial score (nSPS) is 9.29. The Balaban J connectivity index is 3.48. The fraction of sp³-hybridized carbons (Fsp3) is 0. The number of nitriles is 1. The van der Waals surface area contributed by atoms with Crippen LogP contribution in [0, 0.1) is 20.7 Å². The van der Waals surface area contributed by atoms with Crippen LogP contribution in [0.1, 0.15) is 5.56 Å². The zero-order valence-electron chi connectivity index (χ0n) is 6.64. The zero-order valence-corrected chi connectivity index (χ0v) is 9.56. The summed E-state index contributed by atoms with van der Waals surface area (Å²) in [7, 11) is 0. The highest BCUT2D eigenvalue weighted by atomic mass is 127. The lowest BCUT2D eigenvalue weighted by Gasteiger charge is -2.06. The Morgan fingerprint density at radius 1 is 1.71 bits per heavy atom. The molecule has 1 aromatic rings. The fourth-order valence-corrected chi connectivity index (χ4v) is 2.02. The molecule has 14 heavy (non-hydrogen) atoms. The number of hydrogen-bond acceptors (Lipinski definition) is 2. The first-order valence-electron chi connectivity index (χ1n) is 3.39. The maximum atomic E-state index is 13.3. The van der Waals surface area contributed by atoms with Gasteiger partial charge in [0.2, 0.25) is 6.41 Å². The Bertz CT molecular complexity index is 430. The van der Waals surface area contributed by atoms with E-state index in [0.717, 1.165) is 0 Å². The van der Waals surface area contributed by atoms with Gasteiger partial charge >= 0.3 is 0 Å². The highest BCUT2D eigenvalue weighted by Crippen LogP contribution is 2.29. The maximum Gasteiger partial charge on any atom is 0.211 e. The maximum absolute atomic E-state index is 13.3. The highest BCUT2D eigenvalue weighted by Gasteiger charge is 2.15. The Labute approximate surface area is 98.0 Å². The predicted molar refractivity (Wildman–Crippen MR) is 58.5 cm³/mol. The monoisotopic (exact) mass is 324 g/mol. The molecule has 0 bridgehead atoms. The quantitative estimate of drug-likeness (QED) is 0.516. The van der Waals surface area contributed by atoms with Crippen molar-refractivity contribution in [1.29, 1.82) is 5.26 Å². The van der Waals surface area contributed by atoms with Crippen LogP contribution in [0.15, 0.2) is 6.07 Å². The van der Waals surface area contributed by atoms with Gasteiger partial charge in [0.05, 0.1) is 10.7 Å². The molecule has 1 aromatic carbocycles. The average Bonchev–Trinajstić information content (AvgIpc) is 2.15. The Hall–Kier alpha value is -0.870. The summed E-state index contributed by atoms with van der Waals surface area (Å²) in [6, 6.07) is 2.98. The van der Waals surface area contributed by atoms with E-state index in [1.54, 1.807) is 6.07 Å². The first-order chi connectivity index (χ1) is 6.61. The molecule has 1 N–H and O–H groups in total. The van der Waals surface area contributed by atoms with E-state index in [0.29, 0.717) is 9.98 Å². The van der Waals surface area contributed by atoms with Gasteiger partial charge in [-0.25, -0.2) is 4.39 Å². The van der Waals surface area contributed by atoms with Crippen LogP contribution in [0.25, 0.3) is 0 Å². The summed E-state index contributed by atoms with van der Waals surface area (Å²) < 4.78 is 13.8. The minimum Gasteiger partial charge on any atom is -0.327 e. The van der Waals surface area contributed by atoms with Crippen molar-refractivity contribution in [2.45, 2.75) is 0 Å². The molecule has 1 rings (SSSR count). The Morgan fingerprint density at radius 3 is 2.86 bits per heavy atom. The predicted octanol–water partition coefficient (Wildman–Crippen LogP) is 2.52. The van der Waals surface area contributed by atoms with Gasteiger partial charge in [0.15, 0.2) is 5.82 Å². The number of anilines is 1. The van der Waals surface area contributed by atoms with E-state index in [2.05, 4.69) is 5.32 Å². The third-order valence-corrected chi connectivity index (χ3v) is 2.61. The lowest BCUT2D eigenvalue weighted by atomic mass is 10.2. The van der Waals surface area contributed by atoms with Gasteiger partial charge in [-0.15, -0.1) is 0 Å². The molecule has 0 saturated carbocycles. The molecular formula is C8H3ClFIN2O. The fourth-order valence-electron chi connectivity index (χ4n) is 0.900. The molecule has 3 nitrogen and oxygen atoms in total. The van der Waals surface area contributed by atoms with Gasteiger partial charge in [-0.05, 0) is 28.7 Å². The number of nitrogens with one attached hydrogen (secondary N) is 1. The molecule has 0 atom stereocenters. The molecule has 0 aliphatic rings. The van der Waals surface area contributed by atoms with Crippen LogP contribution >= 0.6 is 34.2 Å². The Morgan fingerprint density at radius 2 is 2.36 bits per heavy atom. The van der Waals surface area contributed by atoms with Crippen LogP contribution in [-0.2, 0) is 4.79 Å². The molecule has 0 aliphatic heterocycles. The number of carbonyl (C=O) groups is 1. The third kappa shape index (κ3) is 1.96. The third-order valence-electron chi connectivity index (χ3n) is 1.49. The van der Waals surface area contributed by atoms with Gasteiger partial charge in [-0.1, -0.05) is 11.6 Å². The van der Waals surface area contributed by atoms with E-state index in [-0.39, 0.29) is 16.3 Å². The summed E-state index contributed by atoms with van der Waals surface area (Å²) in [6.45, 7) is 0. The van der Waals surface area contributed by atoms with E-state index in [4.69, 9.17) is 16.9 Å². The molecule has 0 saturated heterocycles. The van der Waals surface area contributed by atoms with Gasteiger partial charge in [-0.2, -0.15) is 5.26 Å². The summed E-state index contributed by atoms with van der Waals surface area (Å²) in [5.41, 5.74) is -0.112. The molecule has 0 aliphatic carbocycles. The largest absolute Gasteiger partial charge is 0.327 e. The van der Waals surface area contributed by atoms with Crippen molar-refractivity contribution in [1.82, 2.24) is 0 Å². The van der Waals surface area contributed by atoms with Gasteiger partial charge in [0.1, 0.15) is 11.6 Å². The number of carbonyl (C=O) groups excluding carboxylic acids is 1. The summed E-state index contributed by atoms with van der Waals surface area (Å²) in [6.07, 6.45) is 0.381. The van der Waals surface area contributed by atoms with Gasteiger partial charge < -0.3 is 5.32 Å². The Kier molecular flexibility index (Phi) is 3.66. The average molecular weight is 324 g/mol.